The molecule has 2 fully saturated rings. The lowest BCUT2D eigenvalue weighted by Crippen LogP contribution is -2.38. The fourth-order valence-electron chi connectivity index (χ4n) is 4.17. The van der Waals surface area contributed by atoms with Gasteiger partial charge in [-0.15, -0.1) is 10.2 Å². The first-order chi connectivity index (χ1) is 13.6. The van der Waals surface area contributed by atoms with Crippen molar-refractivity contribution in [2.45, 2.75) is 56.6 Å². The molecule has 5 nitrogen and oxygen atoms in total. The van der Waals surface area contributed by atoms with Gasteiger partial charge in [0, 0.05) is 24.7 Å². The van der Waals surface area contributed by atoms with Crippen LogP contribution < -0.4 is 0 Å². The molecule has 4 rings (SSSR count). The molecule has 0 bridgehead atoms. The number of carbonyl (C=O) groups is 1. The van der Waals surface area contributed by atoms with E-state index in [1.807, 2.05) is 29.2 Å². The van der Waals surface area contributed by atoms with E-state index in [2.05, 4.69) is 21.7 Å². The second kappa shape index (κ2) is 8.87. The van der Waals surface area contributed by atoms with Crippen molar-refractivity contribution < 1.29 is 4.79 Å². The largest absolute Gasteiger partial charge is 0.342 e. The molecule has 0 spiro atoms. The molecule has 1 amide bonds. The molecule has 28 heavy (non-hydrogen) atoms. The fourth-order valence-corrected chi connectivity index (χ4v) is 5.30. The lowest BCUT2D eigenvalue weighted by Gasteiger charge is -2.30. The Hall–Kier alpha value is -1.53. The van der Waals surface area contributed by atoms with Crippen LogP contribution in [0.1, 0.15) is 51.5 Å². The highest BCUT2D eigenvalue weighted by Gasteiger charge is 2.27. The van der Waals surface area contributed by atoms with Gasteiger partial charge < -0.3 is 4.90 Å². The summed E-state index contributed by atoms with van der Waals surface area (Å²) in [6.45, 7) is 4.01. The third kappa shape index (κ3) is 4.23. The van der Waals surface area contributed by atoms with Gasteiger partial charge >= 0.3 is 0 Å². The van der Waals surface area contributed by atoms with E-state index >= 15 is 0 Å². The summed E-state index contributed by atoms with van der Waals surface area (Å²) >= 11 is 7.95. The van der Waals surface area contributed by atoms with Crippen molar-refractivity contribution in [2.75, 3.05) is 18.8 Å². The van der Waals surface area contributed by atoms with Gasteiger partial charge in [0.05, 0.1) is 10.8 Å². The van der Waals surface area contributed by atoms with E-state index in [0.717, 1.165) is 61.2 Å². The van der Waals surface area contributed by atoms with Gasteiger partial charge in [-0.3, -0.25) is 9.36 Å². The Bertz CT molecular complexity index is 826. The predicted molar refractivity (Wildman–Crippen MR) is 114 cm³/mol. The molecule has 0 N–H and O–H groups in total. The Balaban J connectivity index is 1.54. The van der Waals surface area contributed by atoms with Gasteiger partial charge in [0.25, 0.3) is 0 Å². The summed E-state index contributed by atoms with van der Waals surface area (Å²) in [5.74, 6) is 2.17. The van der Waals surface area contributed by atoms with Crippen LogP contribution in [0, 0.1) is 5.92 Å². The van der Waals surface area contributed by atoms with Crippen molar-refractivity contribution in [3.63, 3.8) is 0 Å². The lowest BCUT2D eigenvalue weighted by atomic mass is 9.99. The molecule has 0 radical (unpaired) electrons. The highest BCUT2D eigenvalue weighted by molar-refractivity contribution is 7.99. The first kappa shape index (κ1) is 19.8. The third-order valence-corrected chi connectivity index (χ3v) is 7.19. The van der Waals surface area contributed by atoms with E-state index < -0.39 is 0 Å². The van der Waals surface area contributed by atoms with E-state index in [1.54, 1.807) is 0 Å². The molecule has 7 heteroatoms. The number of rotatable bonds is 5. The minimum absolute atomic E-state index is 0.206. The fraction of sp³-hybridized carbons (Fsp3) is 0.571. The van der Waals surface area contributed by atoms with Crippen LogP contribution >= 0.6 is 23.4 Å². The molecule has 2 heterocycles. The van der Waals surface area contributed by atoms with Gasteiger partial charge in [0.2, 0.25) is 5.91 Å². The van der Waals surface area contributed by atoms with E-state index in [1.165, 1.54) is 24.6 Å². The number of halogens is 1. The number of carbonyl (C=O) groups excluding carboxylic acids is 1. The number of hydrogen-bond acceptors (Lipinski definition) is 4. The van der Waals surface area contributed by atoms with Crippen molar-refractivity contribution in [3.8, 4) is 11.4 Å². The van der Waals surface area contributed by atoms with Crippen molar-refractivity contribution in [1.29, 1.82) is 0 Å². The van der Waals surface area contributed by atoms with Crippen LogP contribution in [-0.2, 0) is 4.79 Å². The van der Waals surface area contributed by atoms with Gasteiger partial charge in [-0.1, -0.05) is 55.3 Å². The van der Waals surface area contributed by atoms with Crippen LogP contribution in [0.15, 0.2) is 29.4 Å². The first-order valence-electron chi connectivity index (χ1n) is 10.2. The average Bonchev–Trinajstić information content (AvgIpc) is 3.36. The number of benzene rings is 1. The zero-order chi connectivity index (χ0) is 19.5. The number of nitrogens with zero attached hydrogens (tertiary/aromatic N) is 4. The van der Waals surface area contributed by atoms with E-state index in [4.69, 9.17) is 11.6 Å². The molecule has 150 valence electrons. The summed E-state index contributed by atoms with van der Waals surface area (Å²) in [7, 11) is 0. The molecule has 1 aliphatic heterocycles. The topological polar surface area (TPSA) is 51.0 Å². The molecule has 2 aliphatic rings. The summed E-state index contributed by atoms with van der Waals surface area (Å²) < 4.78 is 2.23. The van der Waals surface area contributed by atoms with Gasteiger partial charge in [-0.05, 0) is 43.7 Å². The highest BCUT2D eigenvalue weighted by atomic mass is 35.5. The molecule has 1 aromatic carbocycles. The quantitative estimate of drug-likeness (QED) is 0.636. The monoisotopic (exact) mass is 418 g/mol. The molecule has 1 saturated heterocycles. The van der Waals surface area contributed by atoms with Crippen LogP contribution in [0.25, 0.3) is 11.4 Å². The van der Waals surface area contributed by atoms with E-state index in [9.17, 15) is 4.79 Å². The number of amides is 1. The Labute approximate surface area is 175 Å². The first-order valence-corrected chi connectivity index (χ1v) is 11.6. The maximum Gasteiger partial charge on any atom is 0.233 e. The molecular formula is C21H27ClN4OS. The summed E-state index contributed by atoms with van der Waals surface area (Å²) in [5.41, 5.74) is 0.909. The maximum absolute atomic E-state index is 12.7. The second-order valence-corrected chi connectivity index (χ2v) is 9.30. The molecule has 0 atom stereocenters. The summed E-state index contributed by atoms with van der Waals surface area (Å²) in [6.07, 6.45) is 6.90. The number of hydrogen-bond donors (Lipinski definition) is 0. The SMILES string of the molecule is CC1CCN(C(=O)CSc2nnc(-c3ccccc3Cl)n2C2CCCC2)CC1. The minimum Gasteiger partial charge on any atom is -0.342 e. The van der Waals surface area contributed by atoms with Crippen LogP contribution in [0.2, 0.25) is 5.02 Å². The van der Waals surface area contributed by atoms with Crippen molar-refractivity contribution in [2.24, 2.45) is 5.92 Å². The average molecular weight is 419 g/mol. The molecular weight excluding hydrogens is 392 g/mol. The van der Waals surface area contributed by atoms with E-state index in [0.29, 0.717) is 16.8 Å². The summed E-state index contributed by atoms with van der Waals surface area (Å²) in [4.78, 5) is 14.7. The molecule has 2 aromatic rings. The molecule has 1 aliphatic carbocycles. The predicted octanol–water partition coefficient (Wildman–Crippen LogP) is 5.06. The second-order valence-electron chi connectivity index (χ2n) is 7.95. The summed E-state index contributed by atoms with van der Waals surface area (Å²) in [5, 5.41) is 10.4. The molecule has 1 aromatic heterocycles. The molecule has 1 saturated carbocycles. The number of piperidine rings is 1. The Morgan fingerprint density at radius 2 is 1.86 bits per heavy atom. The zero-order valence-electron chi connectivity index (χ0n) is 16.3. The van der Waals surface area contributed by atoms with Gasteiger partial charge in [0.1, 0.15) is 0 Å². The number of aromatic nitrogens is 3. The van der Waals surface area contributed by atoms with Crippen LogP contribution in [-0.4, -0.2) is 44.4 Å². The maximum atomic E-state index is 12.7. The third-order valence-electron chi connectivity index (χ3n) is 5.93. The van der Waals surface area contributed by atoms with Gasteiger partial charge in [0.15, 0.2) is 11.0 Å². The van der Waals surface area contributed by atoms with E-state index in [-0.39, 0.29) is 5.91 Å². The Kier molecular flexibility index (Phi) is 6.26. The highest BCUT2D eigenvalue weighted by Crippen LogP contribution is 2.38. The molecule has 0 unspecified atom stereocenters. The summed E-state index contributed by atoms with van der Waals surface area (Å²) in [6, 6.07) is 8.16. The smallest absolute Gasteiger partial charge is 0.233 e. The van der Waals surface area contributed by atoms with Gasteiger partial charge in [-0.2, -0.15) is 0 Å². The Morgan fingerprint density at radius 1 is 1.14 bits per heavy atom. The van der Waals surface area contributed by atoms with Crippen LogP contribution in [0.5, 0.6) is 0 Å². The van der Waals surface area contributed by atoms with Crippen molar-refractivity contribution >= 4 is 29.3 Å². The van der Waals surface area contributed by atoms with Crippen molar-refractivity contribution in [3.05, 3.63) is 29.3 Å². The number of likely N-dealkylation sites (tertiary alicyclic amines) is 1. The Morgan fingerprint density at radius 3 is 2.57 bits per heavy atom. The van der Waals surface area contributed by atoms with Crippen LogP contribution in [0.3, 0.4) is 0 Å². The minimum atomic E-state index is 0.206. The lowest BCUT2D eigenvalue weighted by molar-refractivity contribution is -0.129. The number of thioether (sulfide) groups is 1. The zero-order valence-corrected chi connectivity index (χ0v) is 17.9. The van der Waals surface area contributed by atoms with Gasteiger partial charge in [-0.25, -0.2) is 0 Å². The van der Waals surface area contributed by atoms with Crippen molar-refractivity contribution in [1.82, 2.24) is 19.7 Å². The normalized spacial score (nSPS) is 18.7. The standard InChI is InChI=1S/C21H27ClN4OS/c1-15-10-12-25(13-11-15)19(27)14-28-21-24-23-20(17-8-4-5-9-18(17)22)26(21)16-6-2-3-7-16/h4-5,8-9,15-16H,2-3,6-7,10-14H2,1H3. The van der Waals surface area contributed by atoms with Crippen LogP contribution in [0.4, 0.5) is 0 Å².